The van der Waals surface area contributed by atoms with Crippen LogP contribution in [0.2, 0.25) is 0 Å². The molecule has 2 rings (SSSR count). The third-order valence-corrected chi connectivity index (χ3v) is 3.81. The lowest BCUT2D eigenvalue weighted by Crippen LogP contribution is -2.46. The molecule has 0 aromatic rings. The predicted octanol–water partition coefficient (Wildman–Crippen LogP) is 1.65. The molecule has 0 atom stereocenters. The van der Waals surface area contributed by atoms with Gasteiger partial charge in [0.25, 0.3) is 0 Å². The van der Waals surface area contributed by atoms with Gasteiger partial charge < -0.3 is 10.0 Å². The number of carbonyl (C=O) groups is 2. The number of rotatable bonds is 2. The molecule has 1 aliphatic carbocycles. The number of carboxylic acid groups (broad SMARTS) is 1. The Kier molecular flexibility index (Phi) is 3.03. The molecule has 1 saturated heterocycles. The molecule has 0 bridgehead atoms. The van der Waals surface area contributed by atoms with E-state index in [0.29, 0.717) is 12.8 Å². The zero-order valence-corrected chi connectivity index (χ0v) is 9.66. The molecule has 0 spiro atoms. The summed E-state index contributed by atoms with van der Waals surface area (Å²) in [5, 5.41) is 8.96. The van der Waals surface area contributed by atoms with Gasteiger partial charge in [0.15, 0.2) is 0 Å². The summed E-state index contributed by atoms with van der Waals surface area (Å²) in [5.74, 6) is -3.05. The lowest BCUT2D eigenvalue weighted by Gasteiger charge is -2.34. The fraction of sp³-hybridized carbons (Fsp3) is 0.818. The molecule has 1 N–H and O–H groups in total. The number of alkyl halides is 3. The zero-order chi connectivity index (χ0) is 13.6. The lowest BCUT2D eigenvalue weighted by molar-refractivity contribution is -0.187. The Bertz CT molecular complexity index is 368. The first-order valence-electron chi connectivity index (χ1n) is 5.87. The van der Waals surface area contributed by atoms with Crippen molar-refractivity contribution >= 4 is 11.9 Å². The van der Waals surface area contributed by atoms with Gasteiger partial charge in [0, 0.05) is 13.1 Å². The van der Waals surface area contributed by atoms with E-state index in [0.717, 1.165) is 0 Å². The van der Waals surface area contributed by atoms with Crippen LogP contribution in [0.5, 0.6) is 0 Å². The van der Waals surface area contributed by atoms with E-state index in [1.807, 2.05) is 0 Å². The number of carbonyl (C=O) groups excluding carboxylic acids is 1. The quantitative estimate of drug-likeness (QED) is 0.772. The highest BCUT2D eigenvalue weighted by Crippen LogP contribution is 2.48. The highest BCUT2D eigenvalue weighted by Gasteiger charge is 2.59. The molecule has 0 aromatic carbocycles. The van der Waals surface area contributed by atoms with Gasteiger partial charge >= 0.3 is 12.1 Å². The van der Waals surface area contributed by atoms with Crippen LogP contribution in [0.15, 0.2) is 0 Å². The summed E-state index contributed by atoms with van der Waals surface area (Å²) in [4.78, 5) is 24.2. The van der Waals surface area contributed by atoms with Crippen LogP contribution in [-0.4, -0.2) is 41.1 Å². The second kappa shape index (κ2) is 4.13. The van der Waals surface area contributed by atoms with Crippen LogP contribution in [0.3, 0.4) is 0 Å². The maximum absolute atomic E-state index is 12.4. The van der Waals surface area contributed by atoms with Crippen LogP contribution in [-0.2, 0) is 9.59 Å². The molecule has 1 saturated carbocycles. The van der Waals surface area contributed by atoms with E-state index in [2.05, 4.69) is 0 Å². The van der Waals surface area contributed by atoms with Gasteiger partial charge in [0.1, 0.15) is 5.41 Å². The molecule has 18 heavy (non-hydrogen) atoms. The van der Waals surface area contributed by atoms with Crippen LogP contribution < -0.4 is 0 Å². The molecule has 0 unspecified atom stereocenters. The van der Waals surface area contributed by atoms with Crippen molar-refractivity contribution < 1.29 is 27.9 Å². The number of aliphatic carboxylic acids is 1. The van der Waals surface area contributed by atoms with E-state index < -0.39 is 29.4 Å². The molecule has 0 radical (unpaired) electrons. The summed E-state index contributed by atoms with van der Waals surface area (Å²) in [6.45, 7) is -0.00389. The molecule has 2 fully saturated rings. The summed E-state index contributed by atoms with van der Waals surface area (Å²) < 4.78 is 37.3. The van der Waals surface area contributed by atoms with Gasteiger partial charge in [-0.1, -0.05) is 0 Å². The van der Waals surface area contributed by atoms with Gasteiger partial charge in [-0.15, -0.1) is 0 Å². The van der Waals surface area contributed by atoms with E-state index in [-0.39, 0.29) is 25.9 Å². The molecular formula is C11H14F3NO3. The first-order valence-corrected chi connectivity index (χ1v) is 5.87. The molecular weight excluding hydrogens is 251 g/mol. The normalized spacial score (nSPS) is 23.8. The summed E-state index contributed by atoms with van der Waals surface area (Å²) in [6.07, 6.45) is -3.91. The minimum absolute atomic E-state index is 0.00194. The van der Waals surface area contributed by atoms with Crippen molar-refractivity contribution in [3.8, 4) is 0 Å². The van der Waals surface area contributed by atoms with Crippen molar-refractivity contribution in [1.82, 2.24) is 4.90 Å². The maximum Gasteiger partial charge on any atom is 0.391 e. The highest BCUT2D eigenvalue weighted by molar-refractivity contribution is 6.04. The maximum atomic E-state index is 12.4. The first kappa shape index (κ1) is 13.2. The number of nitrogens with zero attached hydrogens (tertiary/aromatic N) is 1. The second-order valence-corrected chi connectivity index (χ2v) is 5.00. The van der Waals surface area contributed by atoms with Crippen LogP contribution in [0.4, 0.5) is 13.2 Å². The largest absolute Gasteiger partial charge is 0.480 e. The fourth-order valence-corrected chi connectivity index (χ4v) is 2.36. The third-order valence-electron chi connectivity index (χ3n) is 3.81. The number of amides is 1. The molecule has 1 aliphatic heterocycles. The Morgan fingerprint density at radius 1 is 1.17 bits per heavy atom. The van der Waals surface area contributed by atoms with Gasteiger partial charge in [-0.05, 0) is 25.7 Å². The Hall–Kier alpha value is -1.27. The molecule has 1 amide bonds. The number of hydrogen-bond donors (Lipinski definition) is 1. The average molecular weight is 265 g/mol. The average Bonchev–Trinajstić information content (AvgIpc) is 3.08. The monoisotopic (exact) mass is 265 g/mol. The van der Waals surface area contributed by atoms with E-state index >= 15 is 0 Å². The van der Waals surface area contributed by atoms with Crippen molar-refractivity contribution in [2.24, 2.45) is 11.3 Å². The minimum atomic E-state index is -4.22. The van der Waals surface area contributed by atoms with Gasteiger partial charge in [-0.2, -0.15) is 13.2 Å². The number of hydrogen-bond acceptors (Lipinski definition) is 2. The fourth-order valence-electron chi connectivity index (χ4n) is 2.36. The third kappa shape index (κ3) is 2.18. The predicted molar refractivity (Wildman–Crippen MR) is 54.7 cm³/mol. The van der Waals surface area contributed by atoms with E-state index in [1.54, 1.807) is 0 Å². The van der Waals surface area contributed by atoms with E-state index in [9.17, 15) is 22.8 Å². The SMILES string of the molecule is O=C(O)C1(C(=O)N2CCC(C(F)(F)F)CC2)CC1. The summed E-state index contributed by atoms with van der Waals surface area (Å²) in [5.41, 5.74) is -1.34. The smallest absolute Gasteiger partial charge is 0.391 e. The highest BCUT2D eigenvalue weighted by atomic mass is 19.4. The summed E-state index contributed by atoms with van der Waals surface area (Å²) in [6, 6.07) is 0. The van der Waals surface area contributed by atoms with Crippen molar-refractivity contribution in [3.05, 3.63) is 0 Å². The standard InChI is InChI=1S/C11H14F3NO3/c12-11(13,14)7-1-5-15(6-2-7)8(16)10(3-4-10)9(17)18/h7H,1-6H2,(H,17,18). The van der Waals surface area contributed by atoms with E-state index in [1.165, 1.54) is 4.90 Å². The zero-order valence-electron chi connectivity index (χ0n) is 9.66. The summed E-state index contributed by atoms with van der Waals surface area (Å²) >= 11 is 0. The van der Waals surface area contributed by atoms with Gasteiger partial charge in [-0.3, -0.25) is 9.59 Å². The van der Waals surface area contributed by atoms with Crippen LogP contribution in [0.1, 0.15) is 25.7 Å². The lowest BCUT2D eigenvalue weighted by atomic mass is 9.94. The second-order valence-electron chi connectivity index (χ2n) is 5.00. The molecule has 1 heterocycles. The molecule has 2 aliphatic rings. The van der Waals surface area contributed by atoms with Crippen LogP contribution >= 0.6 is 0 Å². The number of piperidine rings is 1. The van der Waals surface area contributed by atoms with Gasteiger partial charge in [-0.25, -0.2) is 0 Å². The number of carboxylic acids is 1. The Morgan fingerprint density at radius 2 is 1.67 bits per heavy atom. The summed E-state index contributed by atoms with van der Waals surface area (Å²) in [7, 11) is 0. The van der Waals surface area contributed by atoms with Gasteiger partial charge in [0.05, 0.1) is 5.92 Å². The van der Waals surface area contributed by atoms with E-state index in [4.69, 9.17) is 5.11 Å². The number of halogens is 3. The first-order chi connectivity index (χ1) is 8.27. The van der Waals surface area contributed by atoms with Crippen molar-refractivity contribution in [3.63, 3.8) is 0 Å². The topological polar surface area (TPSA) is 57.6 Å². The molecule has 7 heteroatoms. The Labute approximate surface area is 102 Å². The molecule has 102 valence electrons. The van der Waals surface area contributed by atoms with Crippen LogP contribution in [0.25, 0.3) is 0 Å². The number of likely N-dealkylation sites (tertiary alicyclic amines) is 1. The molecule has 0 aromatic heterocycles. The van der Waals surface area contributed by atoms with Gasteiger partial charge in [0.2, 0.25) is 5.91 Å². The molecule has 4 nitrogen and oxygen atoms in total. The van der Waals surface area contributed by atoms with Crippen molar-refractivity contribution in [2.75, 3.05) is 13.1 Å². The Morgan fingerprint density at radius 3 is 2.00 bits per heavy atom. The van der Waals surface area contributed by atoms with Crippen molar-refractivity contribution in [2.45, 2.75) is 31.9 Å². The Balaban J connectivity index is 1.95. The van der Waals surface area contributed by atoms with Crippen LogP contribution in [0, 0.1) is 11.3 Å². The minimum Gasteiger partial charge on any atom is -0.480 e. The van der Waals surface area contributed by atoms with Crippen molar-refractivity contribution in [1.29, 1.82) is 0 Å².